The Balaban J connectivity index is 1.65. The summed E-state index contributed by atoms with van der Waals surface area (Å²) in [6.07, 6.45) is 5.99. The van der Waals surface area contributed by atoms with Crippen molar-refractivity contribution in [3.05, 3.63) is 54.0 Å². The summed E-state index contributed by atoms with van der Waals surface area (Å²) < 4.78 is 0. The Morgan fingerprint density at radius 3 is 2.70 bits per heavy atom. The van der Waals surface area contributed by atoms with Crippen molar-refractivity contribution >= 4 is 5.82 Å². The number of rotatable bonds is 4. The second-order valence-corrected chi connectivity index (χ2v) is 5.18. The first-order chi connectivity index (χ1) is 9.92. The monoisotopic (exact) mass is 268 g/mol. The van der Waals surface area contributed by atoms with E-state index in [1.54, 1.807) is 0 Å². The van der Waals surface area contributed by atoms with Crippen LogP contribution in [-0.2, 0) is 6.54 Å². The molecule has 1 saturated heterocycles. The van der Waals surface area contributed by atoms with Crippen molar-refractivity contribution in [1.29, 1.82) is 0 Å². The zero-order valence-electron chi connectivity index (χ0n) is 11.5. The molecule has 1 aliphatic rings. The Morgan fingerprint density at radius 1 is 1.10 bits per heavy atom. The molecular formula is C16H20N4. The molecule has 1 aliphatic heterocycles. The minimum Gasteiger partial charge on any atom is -0.366 e. The summed E-state index contributed by atoms with van der Waals surface area (Å²) in [5.74, 6) is 1.55. The van der Waals surface area contributed by atoms with Crippen LogP contribution in [0.4, 0.5) is 5.82 Å². The van der Waals surface area contributed by atoms with Crippen LogP contribution in [0.5, 0.6) is 0 Å². The van der Waals surface area contributed by atoms with Crippen molar-refractivity contribution in [2.45, 2.75) is 25.3 Å². The maximum absolute atomic E-state index is 4.76. The summed E-state index contributed by atoms with van der Waals surface area (Å²) in [5, 5.41) is 6.78. The van der Waals surface area contributed by atoms with Gasteiger partial charge in [0.15, 0.2) is 0 Å². The number of nitrogens with one attached hydrogen (secondary N) is 2. The molecule has 0 unspecified atom stereocenters. The Hall–Kier alpha value is -1.94. The molecule has 20 heavy (non-hydrogen) atoms. The van der Waals surface area contributed by atoms with E-state index in [0.717, 1.165) is 25.5 Å². The number of hydrogen-bond acceptors (Lipinski definition) is 4. The van der Waals surface area contributed by atoms with Crippen LogP contribution in [-0.4, -0.2) is 23.1 Å². The summed E-state index contributed by atoms with van der Waals surface area (Å²) in [5.41, 5.74) is 2.43. The predicted molar refractivity (Wildman–Crippen MR) is 80.6 cm³/mol. The van der Waals surface area contributed by atoms with Gasteiger partial charge in [-0.2, -0.15) is 0 Å². The fraction of sp³-hybridized carbons (Fsp3) is 0.375. The highest BCUT2D eigenvalue weighted by Gasteiger charge is 2.16. The van der Waals surface area contributed by atoms with E-state index in [9.17, 15) is 0 Å². The van der Waals surface area contributed by atoms with Crippen molar-refractivity contribution in [2.75, 3.05) is 18.4 Å². The maximum atomic E-state index is 4.76. The Kier molecular flexibility index (Phi) is 4.23. The average Bonchev–Trinajstić information content (AvgIpc) is 2.55. The van der Waals surface area contributed by atoms with E-state index >= 15 is 0 Å². The van der Waals surface area contributed by atoms with E-state index in [1.807, 2.05) is 30.6 Å². The standard InChI is InChI=1S/C16H20N4/c1-2-15(14-6-10-18-11-7-14)20-16(3-1)19-12-13-4-8-17-9-5-13/h1-5,8-9,14,18H,6-7,10-12H2,(H,19,20). The molecule has 0 bridgehead atoms. The minimum absolute atomic E-state index is 0.596. The molecule has 4 nitrogen and oxygen atoms in total. The van der Waals surface area contributed by atoms with Gasteiger partial charge >= 0.3 is 0 Å². The summed E-state index contributed by atoms with van der Waals surface area (Å²) in [6, 6.07) is 10.3. The second-order valence-electron chi connectivity index (χ2n) is 5.18. The van der Waals surface area contributed by atoms with Gasteiger partial charge in [-0.1, -0.05) is 6.07 Å². The lowest BCUT2D eigenvalue weighted by Gasteiger charge is -2.22. The molecule has 0 radical (unpaired) electrons. The van der Waals surface area contributed by atoms with Crippen LogP contribution in [0.2, 0.25) is 0 Å². The Morgan fingerprint density at radius 2 is 1.90 bits per heavy atom. The Bertz CT molecular complexity index is 535. The van der Waals surface area contributed by atoms with Crippen LogP contribution in [0.3, 0.4) is 0 Å². The number of anilines is 1. The second kappa shape index (κ2) is 6.48. The Labute approximate surface area is 119 Å². The molecule has 0 amide bonds. The molecule has 0 atom stereocenters. The number of aromatic nitrogens is 2. The van der Waals surface area contributed by atoms with Crippen LogP contribution in [0, 0.1) is 0 Å². The molecule has 2 aromatic heterocycles. The third-order valence-electron chi connectivity index (χ3n) is 3.75. The van der Waals surface area contributed by atoms with Gasteiger partial charge in [-0.05, 0) is 55.8 Å². The number of nitrogens with zero attached hydrogens (tertiary/aromatic N) is 2. The lowest BCUT2D eigenvalue weighted by Crippen LogP contribution is -2.27. The zero-order valence-corrected chi connectivity index (χ0v) is 11.5. The number of hydrogen-bond donors (Lipinski definition) is 2. The first-order valence-electron chi connectivity index (χ1n) is 7.22. The molecule has 3 heterocycles. The van der Waals surface area contributed by atoms with Crippen molar-refractivity contribution in [1.82, 2.24) is 15.3 Å². The van der Waals surface area contributed by atoms with E-state index in [1.165, 1.54) is 24.1 Å². The van der Waals surface area contributed by atoms with E-state index in [-0.39, 0.29) is 0 Å². The molecule has 104 valence electrons. The molecule has 0 aromatic carbocycles. The molecular weight excluding hydrogens is 248 g/mol. The maximum Gasteiger partial charge on any atom is 0.126 e. The molecule has 3 rings (SSSR count). The van der Waals surface area contributed by atoms with Crippen LogP contribution < -0.4 is 10.6 Å². The van der Waals surface area contributed by atoms with Crippen LogP contribution in [0.1, 0.15) is 30.0 Å². The van der Waals surface area contributed by atoms with Gasteiger partial charge in [0, 0.05) is 30.6 Å². The van der Waals surface area contributed by atoms with Crippen LogP contribution in [0.15, 0.2) is 42.7 Å². The third kappa shape index (κ3) is 3.33. The summed E-state index contributed by atoms with van der Waals surface area (Å²) in [7, 11) is 0. The van der Waals surface area contributed by atoms with Crippen LogP contribution >= 0.6 is 0 Å². The highest BCUT2D eigenvalue weighted by Crippen LogP contribution is 2.24. The summed E-state index contributed by atoms with van der Waals surface area (Å²) >= 11 is 0. The van der Waals surface area contributed by atoms with Crippen molar-refractivity contribution < 1.29 is 0 Å². The van der Waals surface area contributed by atoms with Gasteiger partial charge < -0.3 is 10.6 Å². The fourth-order valence-electron chi connectivity index (χ4n) is 2.59. The smallest absolute Gasteiger partial charge is 0.126 e. The van der Waals surface area contributed by atoms with Gasteiger partial charge in [-0.3, -0.25) is 4.98 Å². The lowest BCUT2D eigenvalue weighted by molar-refractivity contribution is 0.453. The first kappa shape index (κ1) is 13.1. The molecule has 0 saturated carbocycles. The van der Waals surface area contributed by atoms with Crippen molar-refractivity contribution in [2.24, 2.45) is 0 Å². The van der Waals surface area contributed by atoms with Crippen molar-refractivity contribution in [3.63, 3.8) is 0 Å². The highest BCUT2D eigenvalue weighted by atomic mass is 15.0. The number of pyridine rings is 2. The van der Waals surface area contributed by atoms with Gasteiger partial charge in [0.25, 0.3) is 0 Å². The zero-order chi connectivity index (χ0) is 13.6. The average molecular weight is 268 g/mol. The van der Waals surface area contributed by atoms with E-state index in [4.69, 9.17) is 4.98 Å². The lowest BCUT2D eigenvalue weighted by atomic mass is 9.94. The normalized spacial score (nSPS) is 16.0. The quantitative estimate of drug-likeness (QED) is 0.894. The van der Waals surface area contributed by atoms with Crippen LogP contribution in [0.25, 0.3) is 0 Å². The van der Waals surface area contributed by atoms with E-state index < -0.39 is 0 Å². The summed E-state index contributed by atoms with van der Waals surface area (Å²) in [6.45, 7) is 2.98. The van der Waals surface area contributed by atoms with Gasteiger partial charge in [-0.15, -0.1) is 0 Å². The fourth-order valence-corrected chi connectivity index (χ4v) is 2.59. The first-order valence-corrected chi connectivity index (χ1v) is 7.22. The van der Waals surface area contributed by atoms with Gasteiger partial charge in [0.1, 0.15) is 5.82 Å². The topological polar surface area (TPSA) is 49.8 Å². The summed E-state index contributed by atoms with van der Waals surface area (Å²) in [4.78, 5) is 8.78. The molecule has 2 aromatic rings. The van der Waals surface area contributed by atoms with E-state index in [2.05, 4.69) is 27.8 Å². The minimum atomic E-state index is 0.596. The molecule has 0 spiro atoms. The largest absolute Gasteiger partial charge is 0.366 e. The van der Waals surface area contributed by atoms with Gasteiger partial charge in [0.2, 0.25) is 0 Å². The predicted octanol–water partition coefficient (Wildman–Crippen LogP) is 2.56. The molecule has 4 heteroatoms. The third-order valence-corrected chi connectivity index (χ3v) is 3.75. The van der Waals surface area contributed by atoms with E-state index in [0.29, 0.717) is 5.92 Å². The van der Waals surface area contributed by atoms with Gasteiger partial charge in [0.05, 0.1) is 0 Å². The molecule has 0 aliphatic carbocycles. The molecule has 2 N–H and O–H groups in total. The van der Waals surface area contributed by atoms with Gasteiger partial charge in [-0.25, -0.2) is 4.98 Å². The highest BCUT2D eigenvalue weighted by molar-refractivity contribution is 5.37. The van der Waals surface area contributed by atoms with Crippen molar-refractivity contribution in [3.8, 4) is 0 Å². The number of piperidine rings is 1. The SMILES string of the molecule is c1cc(NCc2ccncc2)nc(C2CCNCC2)c1. The molecule has 1 fully saturated rings.